The van der Waals surface area contributed by atoms with Gasteiger partial charge in [-0.1, -0.05) is 0 Å². The summed E-state index contributed by atoms with van der Waals surface area (Å²) in [4.78, 5) is 4.02. The van der Waals surface area contributed by atoms with Crippen LogP contribution in [0.4, 0.5) is 0 Å². The first-order valence-corrected chi connectivity index (χ1v) is 4.61. The van der Waals surface area contributed by atoms with Crippen LogP contribution in [0.3, 0.4) is 0 Å². The smallest absolute Gasteiger partial charge is 0.509 e. The Balaban J connectivity index is 2.18. The summed E-state index contributed by atoms with van der Waals surface area (Å²) in [6.07, 6.45) is 4.54. The molecule has 2 N–H and O–H groups in total. The van der Waals surface area contributed by atoms with Gasteiger partial charge in [0.2, 0.25) is 5.13 Å². The molecule has 2 rings (SSSR count). The average Bonchev–Trinajstić information content (AvgIpc) is 2.69. The van der Waals surface area contributed by atoms with Gasteiger partial charge in [0.25, 0.3) is 0 Å². The number of hydrogen-bond acceptors (Lipinski definition) is 6. The highest BCUT2D eigenvalue weighted by Gasteiger charge is 2.13. The van der Waals surface area contributed by atoms with Crippen molar-refractivity contribution in [1.82, 2.24) is 14.8 Å². The fourth-order valence-electron chi connectivity index (χ4n) is 0.923. The lowest BCUT2D eigenvalue weighted by Crippen LogP contribution is -2.20. The molecule has 0 spiro atoms. The first-order valence-electron chi connectivity index (χ1n) is 3.73. The summed E-state index contributed by atoms with van der Waals surface area (Å²) < 4.78 is 6.09. The van der Waals surface area contributed by atoms with Crippen molar-refractivity contribution in [3.8, 4) is 10.9 Å². The molecule has 6 nitrogen and oxygen atoms in total. The Morgan fingerprint density at radius 1 is 1.50 bits per heavy atom. The van der Waals surface area contributed by atoms with Gasteiger partial charge in [-0.05, 0) is 0 Å². The minimum absolute atomic E-state index is 0.273. The SMILES string of the molecule is OB(O)Oc1cnn(-c2nccs2)c1. The molecule has 0 aliphatic heterocycles. The van der Waals surface area contributed by atoms with E-state index in [1.54, 1.807) is 6.20 Å². The van der Waals surface area contributed by atoms with E-state index in [0.29, 0.717) is 5.13 Å². The third-order valence-corrected chi connectivity index (χ3v) is 2.18. The molecule has 0 amide bonds. The van der Waals surface area contributed by atoms with Crippen molar-refractivity contribution < 1.29 is 14.7 Å². The van der Waals surface area contributed by atoms with Gasteiger partial charge in [-0.2, -0.15) is 5.10 Å². The number of aromatic nitrogens is 3. The van der Waals surface area contributed by atoms with E-state index in [9.17, 15) is 0 Å². The zero-order valence-electron chi connectivity index (χ0n) is 6.94. The Morgan fingerprint density at radius 2 is 2.36 bits per heavy atom. The third kappa shape index (κ3) is 1.92. The standard InChI is InChI=1S/C6H6BN3O3S/c11-7(12)13-5-3-9-10(4-5)6-8-1-2-14-6/h1-4,11-12H. The maximum absolute atomic E-state index is 8.53. The van der Waals surface area contributed by atoms with Crippen molar-refractivity contribution in [1.29, 1.82) is 0 Å². The number of hydrogen-bond donors (Lipinski definition) is 2. The van der Waals surface area contributed by atoms with Gasteiger partial charge in [0.15, 0.2) is 0 Å². The first kappa shape index (κ1) is 9.19. The molecule has 0 atom stereocenters. The molecule has 0 radical (unpaired) electrons. The summed E-state index contributed by atoms with van der Waals surface area (Å²) in [7, 11) is -1.83. The lowest BCUT2D eigenvalue weighted by molar-refractivity contribution is 0.288. The van der Waals surface area contributed by atoms with Gasteiger partial charge in [-0.15, -0.1) is 11.3 Å². The zero-order valence-corrected chi connectivity index (χ0v) is 7.76. The second-order valence-corrected chi connectivity index (χ2v) is 3.25. The molecule has 0 aliphatic rings. The highest BCUT2D eigenvalue weighted by Crippen LogP contribution is 2.15. The van der Waals surface area contributed by atoms with Crippen LogP contribution >= 0.6 is 11.3 Å². The van der Waals surface area contributed by atoms with Crippen LogP contribution in [0.1, 0.15) is 0 Å². The van der Waals surface area contributed by atoms with Crippen LogP contribution in [0.25, 0.3) is 5.13 Å². The predicted molar refractivity (Wildman–Crippen MR) is 50.1 cm³/mol. The van der Waals surface area contributed by atoms with Crippen LogP contribution in [0.2, 0.25) is 0 Å². The van der Waals surface area contributed by atoms with E-state index in [-0.39, 0.29) is 5.75 Å². The molecule has 0 aromatic carbocycles. The Kier molecular flexibility index (Phi) is 2.48. The monoisotopic (exact) mass is 211 g/mol. The van der Waals surface area contributed by atoms with Gasteiger partial charge in [0.1, 0.15) is 5.75 Å². The van der Waals surface area contributed by atoms with E-state index in [2.05, 4.69) is 14.7 Å². The van der Waals surface area contributed by atoms with Gasteiger partial charge in [-0.3, -0.25) is 0 Å². The van der Waals surface area contributed by atoms with E-state index in [1.165, 1.54) is 28.4 Å². The fourth-order valence-corrected chi connectivity index (χ4v) is 1.50. The highest BCUT2D eigenvalue weighted by molar-refractivity contribution is 7.12. The van der Waals surface area contributed by atoms with Crippen molar-refractivity contribution in [2.75, 3.05) is 0 Å². The molecule has 0 fully saturated rings. The molecule has 2 aromatic heterocycles. The van der Waals surface area contributed by atoms with Crippen molar-refractivity contribution in [3.63, 3.8) is 0 Å². The lowest BCUT2D eigenvalue weighted by Gasteiger charge is -1.97. The maximum Gasteiger partial charge on any atom is 0.707 e. The Morgan fingerprint density at radius 3 is 3.00 bits per heavy atom. The quantitative estimate of drug-likeness (QED) is 0.680. The van der Waals surface area contributed by atoms with Crippen LogP contribution < -0.4 is 4.65 Å². The number of thiazole rings is 1. The molecular formula is C6H6BN3O3S. The van der Waals surface area contributed by atoms with Gasteiger partial charge < -0.3 is 14.7 Å². The molecule has 0 saturated heterocycles. The molecular weight excluding hydrogens is 205 g/mol. The Bertz CT molecular complexity index is 402. The summed E-state index contributed by atoms with van der Waals surface area (Å²) in [5.41, 5.74) is 0. The molecule has 0 saturated carbocycles. The molecule has 8 heteroatoms. The van der Waals surface area contributed by atoms with E-state index >= 15 is 0 Å². The summed E-state index contributed by atoms with van der Waals surface area (Å²) in [6, 6.07) is 0. The summed E-state index contributed by atoms with van der Waals surface area (Å²) in [5, 5.41) is 23.5. The Hall–Kier alpha value is -1.38. The second-order valence-electron chi connectivity index (χ2n) is 2.38. The third-order valence-electron chi connectivity index (χ3n) is 1.42. The summed E-state index contributed by atoms with van der Waals surface area (Å²) >= 11 is 1.42. The van der Waals surface area contributed by atoms with Crippen LogP contribution in [0, 0.1) is 0 Å². The van der Waals surface area contributed by atoms with E-state index in [0.717, 1.165) is 0 Å². The Labute approximate surface area is 83.6 Å². The van der Waals surface area contributed by atoms with Gasteiger partial charge in [-0.25, -0.2) is 9.67 Å². The minimum Gasteiger partial charge on any atom is -0.509 e. The lowest BCUT2D eigenvalue weighted by atomic mass is 10.3. The topological polar surface area (TPSA) is 80.4 Å². The van der Waals surface area contributed by atoms with Crippen molar-refractivity contribution >= 4 is 18.7 Å². The predicted octanol–water partition coefficient (Wildman–Crippen LogP) is -0.323. The molecule has 0 aliphatic carbocycles. The van der Waals surface area contributed by atoms with Gasteiger partial charge >= 0.3 is 7.32 Å². The second kappa shape index (κ2) is 3.78. The largest absolute Gasteiger partial charge is 0.707 e. The first-order chi connectivity index (χ1) is 6.75. The van der Waals surface area contributed by atoms with Crippen LogP contribution in [-0.4, -0.2) is 32.1 Å². The summed E-state index contributed by atoms with van der Waals surface area (Å²) in [6.45, 7) is 0. The molecule has 2 heterocycles. The number of nitrogens with zero attached hydrogens (tertiary/aromatic N) is 3. The molecule has 72 valence electrons. The number of rotatable bonds is 3. The molecule has 0 unspecified atom stereocenters. The summed E-state index contributed by atoms with van der Waals surface area (Å²) in [5.74, 6) is 0.273. The van der Waals surface area contributed by atoms with E-state index in [4.69, 9.17) is 10.0 Å². The van der Waals surface area contributed by atoms with Crippen LogP contribution in [0.5, 0.6) is 5.75 Å². The molecule has 14 heavy (non-hydrogen) atoms. The van der Waals surface area contributed by atoms with E-state index in [1.807, 2.05) is 5.38 Å². The van der Waals surface area contributed by atoms with Crippen molar-refractivity contribution in [2.45, 2.75) is 0 Å². The van der Waals surface area contributed by atoms with E-state index < -0.39 is 7.32 Å². The highest BCUT2D eigenvalue weighted by atomic mass is 32.1. The normalized spacial score (nSPS) is 10.1. The minimum atomic E-state index is -1.83. The van der Waals surface area contributed by atoms with Crippen LogP contribution in [0.15, 0.2) is 24.0 Å². The fraction of sp³-hybridized carbons (Fsp3) is 0. The van der Waals surface area contributed by atoms with Gasteiger partial charge in [0, 0.05) is 11.6 Å². The average molecular weight is 211 g/mol. The van der Waals surface area contributed by atoms with Gasteiger partial charge in [0.05, 0.1) is 12.4 Å². The van der Waals surface area contributed by atoms with Crippen LogP contribution in [-0.2, 0) is 0 Å². The molecule has 0 bridgehead atoms. The maximum atomic E-state index is 8.53. The van der Waals surface area contributed by atoms with Crippen molar-refractivity contribution in [2.24, 2.45) is 0 Å². The zero-order chi connectivity index (χ0) is 9.97. The van der Waals surface area contributed by atoms with Crippen molar-refractivity contribution in [3.05, 3.63) is 24.0 Å². The molecule has 2 aromatic rings.